The van der Waals surface area contributed by atoms with Gasteiger partial charge in [0.2, 0.25) is 0 Å². The van der Waals surface area contributed by atoms with E-state index in [0.717, 1.165) is 4.48 Å². The van der Waals surface area contributed by atoms with Crippen LogP contribution in [0.15, 0.2) is 12.3 Å². The van der Waals surface area contributed by atoms with Crippen LogP contribution in [0, 0.1) is 0 Å². The van der Waals surface area contributed by atoms with E-state index in [0.29, 0.717) is 0 Å². The molecular weight excluding hydrogens is 74.1 g/mol. The molecule has 1 aliphatic rings. The summed E-state index contributed by atoms with van der Waals surface area (Å²) < 4.78 is 1.07. The van der Waals surface area contributed by atoms with Gasteiger partial charge in [-0.05, 0) is 0 Å². The van der Waals surface area contributed by atoms with E-state index in [1.165, 1.54) is 6.54 Å². The van der Waals surface area contributed by atoms with Gasteiger partial charge in [0, 0.05) is 6.08 Å². The van der Waals surface area contributed by atoms with Gasteiger partial charge in [0.15, 0.2) is 0 Å². The van der Waals surface area contributed by atoms with E-state index in [1.807, 2.05) is 0 Å². The fraction of sp³-hybridized carbons (Fsp3) is 0.600. The van der Waals surface area contributed by atoms with E-state index in [-0.39, 0.29) is 0 Å². The molecule has 0 unspecified atom stereocenters. The van der Waals surface area contributed by atoms with Crippen molar-refractivity contribution in [3.05, 3.63) is 12.3 Å². The summed E-state index contributed by atoms with van der Waals surface area (Å²) in [7, 11) is 4.36. The van der Waals surface area contributed by atoms with Crippen molar-refractivity contribution < 1.29 is 4.48 Å². The van der Waals surface area contributed by atoms with Gasteiger partial charge in [0.05, 0.1) is 20.3 Å². The van der Waals surface area contributed by atoms with Gasteiger partial charge in [0.25, 0.3) is 0 Å². The number of hydrogen-bond acceptors (Lipinski definition) is 0. The highest BCUT2D eigenvalue weighted by molar-refractivity contribution is 4.82. The van der Waals surface area contributed by atoms with Crippen LogP contribution in [0.5, 0.6) is 0 Å². The van der Waals surface area contributed by atoms with Gasteiger partial charge in [-0.25, -0.2) is 0 Å². The third-order valence-electron chi connectivity index (χ3n) is 1.08. The second-order valence-electron chi connectivity index (χ2n) is 2.35. The standard InChI is InChI=1S/C5H10N/c1-6(2)4-3-5-6/h3-4H,5H2,1-2H3/q+1. The molecule has 6 heavy (non-hydrogen) atoms. The van der Waals surface area contributed by atoms with E-state index in [1.54, 1.807) is 0 Å². The molecule has 1 heteroatoms. The molecule has 0 spiro atoms. The molecule has 0 bridgehead atoms. The zero-order chi connectivity index (χ0) is 4.62. The van der Waals surface area contributed by atoms with E-state index in [4.69, 9.17) is 0 Å². The summed E-state index contributed by atoms with van der Waals surface area (Å²) in [6, 6.07) is 0. The maximum absolute atomic E-state index is 2.18. The van der Waals surface area contributed by atoms with Crippen molar-refractivity contribution in [3.8, 4) is 0 Å². The minimum atomic E-state index is 1.07. The van der Waals surface area contributed by atoms with Crippen LogP contribution in [-0.2, 0) is 0 Å². The summed E-state index contributed by atoms with van der Waals surface area (Å²) in [4.78, 5) is 0. The van der Waals surface area contributed by atoms with Gasteiger partial charge in [-0.2, -0.15) is 0 Å². The Morgan fingerprint density at radius 2 is 1.83 bits per heavy atom. The monoisotopic (exact) mass is 84.1 g/mol. The van der Waals surface area contributed by atoms with E-state index in [9.17, 15) is 0 Å². The molecule has 0 aromatic rings. The highest BCUT2D eigenvalue weighted by atomic mass is 15.3. The molecule has 0 fully saturated rings. The molecule has 0 saturated heterocycles. The molecule has 0 N–H and O–H groups in total. The molecule has 0 aromatic carbocycles. The fourth-order valence-electron chi connectivity index (χ4n) is 0.527. The second-order valence-corrected chi connectivity index (χ2v) is 2.35. The first-order valence-corrected chi connectivity index (χ1v) is 2.21. The van der Waals surface area contributed by atoms with Crippen LogP contribution in [0.2, 0.25) is 0 Å². The third kappa shape index (κ3) is 0.455. The van der Waals surface area contributed by atoms with Crippen molar-refractivity contribution in [2.45, 2.75) is 0 Å². The van der Waals surface area contributed by atoms with Gasteiger partial charge in [-0.15, -0.1) is 0 Å². The fourth-order valence-corrected chi connectivity index (χ4v) is 0.527. The molecular formula is C5H10N+. The van der Waals surface area contributed by atoms with E-state index in [2.05, 4.69) is 26.4 Å². The van der Waals surface area contributed by atoms with Crippen molar-refractivity contribution in [2.24, 2.45) is 0 Å². The summed E-state index contributed by atoms with van der Waals surface area (Å²) in [5, 5.41) is 0. The molecule has 0 aromatic heterocycles. The Morgan fingerprint density at radius 3 is 1.83 bits per heavy atom. The highest BCUT2D eigenvalue weighted by Crippen LogP contribution is 2.06. The largest absolute Gasteiger partial charge is 0.299 e. The maximum atomic E-state index is 2.18. The summed E-state index contributed by atoms with van der Waals surface area (Å²) in [5.41, 5.74) is 0. The predicted octanol–water partition coefficient (Wildman–Crippen LogP) is 0.590. The van der Waals surface area contributed by atoms with Gasteiger partial charge in [-0.3, -0.25) is 4.48 Å². The minimum absolute atomic E-state index is 1.07. The van der Waals surface area contributed by atoms with Gasteiger partial charge in [-0.1, -0.05) is 0 Å². The van der Waals surface area contributed by atoms with Crippen molar-refractivity contribution in [1.82, 2.24) is 0 Å². The summed E-state index contributed by atoms with van der Waals surface area (Å²) in [6.07, 6.45) is 4.36. The molecule has 0 radical (unpaired) electrons. The Morgan fingerprint density at radius 1 is 1.50 bits per heavy atom. The normalized spacial score (nSPS) is 26.3. The zero-order valence-corrected chi connectivity index (χ0v) is 4.31. The predicted molar refractivity (Wildman–Crippen MR) is 26.1 cm³/mol. The lowest BCUT2D eigenvalue weighted by Gasteiger charge is -2.29. The van der Waals surface area contributed by atoms with Crippen LogP contribution in [0.4, 0.5) is 0 Å². The molecule has 1 aliphatic heterocycles. The molecule has 0 amide bonds. The van der Waals surface area contributed by atoms with Crippen LogP contribution in [0.25, 0.3) is 0 Å². The maximum Gasteiger partial charge on any atom is 0.107 e. The zero-order valence-electron chi connectivity index (χ0n) is 4.31. The molecule has 34 valence electrons. The van der Waals surface area contributed by atoms with Gasteiger partial charge in [0.1, 0.15) is 6.54 Å². The lowest BCUT2D eigenvalue weighted by atomic mass is 10.3. The van der Waals surface area contributed by atoms with Gasteiger partial charge >= 0.3 is 0 Å². The van der Waals surface area contributed by atoms with Crippen LogP contribution in [0.1, 0.15) is 0 Å². The van der Waals surface area contributed by atoms with E-state index >= 15 is 0 Å². The van der Waals surface area contributed by atoms with Crippen LogP contribution in [0.3, 0.4) is 0 Å². The van der Waals surface area contributed by atoms with Crippen molar-refractivity contribution >= 4 is 0 Å². The first kappa shape index (κ1) is 3.88. The van der Waals surface area contributed by atoms with Crippen LogP contribution < -0.4 is 0 Å². The number of hydrogen-bond donors (Lipinski definition) is 0. The lowest BCUT2D eigenvalue weighted by molar-refractivity contribution is -0.849. The Labute approximate surface area is 38.5 Å². The molecule has 1 nitrogen and oxygen atoms in total. The lowest BCUT2D eigenvalue weighted by Crippen LogP contribution is -2.39. The Kier molecular flexibility index (Phi) is 0.549. The van der Waals surface area contributed by atoms with E-state index < -0.39 is 0 Å². The Bertz CT molecular complexity index is 81.9. The molecule has 1 rings (SSSR count). The number of nitrogens with zero attached hydrogens (tertiary/aromatic N) is 1. The smallest absolute Gasteiger partial charge is 0.107 e. The van der Waals surface area contributed by atoms with Crippen LogP contribution >= 0.6 is 0 Å². The van der Waals surface area contributed by atoms with Crippen molar-refractivity contribution in [2.75, 3.05) is 20.6 Å². The average Bonchev–Trinajstić information content (AvgIpc) is 1.32. The highest BCUT2D eigenvalue weighted by Gasteiger charge is 2.15. The topological polar surface area (TPSA) is 0 Å². The molecule has 0 atom stereocenters. The molecule has 0 saturated carbocycles. The van der Waals surface area contributed by atoms with Crippen LogP contribution in [-0.4, -0.2) is 25.1 Å². The average molecular weight is 84.1 g/mol. The minimum Gasteiger partial charge on any atom is -0.299 e. The first-order valence-electron chi connectivity index (χ1n) is 2.21. The number of rotatable bonds is 0. The quantitative estimate of drug-likeness (QED) is 0.377. The Balaban J connectivity index is 2.57. The molecule has 0 aliphatic carbocycles. The van der Waals surface area contributed by atoms with Gasteiger partial charge < -0.3 is 0 Å². The third-order valence-corrected chi connectivity index (χ3v) is 1.08. The SMILES string of the molecule is C[N+]1(C)C=CC1. The number of likely N-dealkylation sites (N-methyl/N-ethyl adjacent to an activating group) is 1. The Hall–Kier alpha value is -0.300. The summed E-state index contributed by atoms with van der Waals surface area (Å²) >= 11 is 0. The first-order chi connectivity index (χ1) is 2.71. The number of quaternary nitrogens is 1. The molecule has 1 heterocycles. The summed E-state index contributed by atoms with van der Waals surface area (Å²) in [6.45, 7) is 1.21. The van der Waals surface area contributed by atoms with Crippen molar-refractivity contribution in [3.63, 3.8) is 0 Å². The second kappa shape index (κ2) is 0.850. The summed E-state index contributed by atoms with van der Waals surface area (Å²) in [5.74, 6) is 0. The van der Waals surface area contributed by atoms with Crippen molar-refractivity contribution in [1.29, 1.82) is 0 Å².